The number of hydrogen-bond acceptors (Lipinski definition) is 7. The van der Waals surface area contributed by atoms with Crippen molar-refractivity contribution in [2.45, 2.75) is 32.7 Å². The van der Waals surface area contributed by atoms with Gasteiger partial charge in [0.05, 0.1) is 25.3 Å². The Morgan fingerprint density at radius 2 is 1.97 bits per heavy atom. The van der Waals surface area contributed by atoms with Crippen LogP contribution < -0.4 is 15.0 Å². The summed E-state index contributed by atoms with van der Waals surface area (Å²) >= 11 is 0. The van der Waals surface area contributed by atoms with E-state index in [4.69, 9.17) is 24.5 Å². The van der Waals surface area contributed by atoms with Crippen molar-refractivity contribution in [1.29, 1.82) is 0 Å². The molecule has 0 bridgehead atoms. The second-order valence-corrected chi connectivity index (χ2v) is 8.52. The molecule has 8 nitrogen and oxygen atoms in total. The summed E-state index contributed by atoms with van der Waals surface area (Å²) in [4.78, 5) is 12.0. The molecular formula is C27H34N6O2. The third-order valence-corrected chi connectivity index (χ3v) is 6.44. The Bertz CT molecular complexity index is 1260. The molecule has 0 atom stereocenters. The topological polar surface area (TPSA) is 77.3 Å². The van der Waals surface area contributed by atoms with Crippen molar-refractivity contribution in [3.05, 3.63) is 71.7 Å². The quantitative estimate of drug-likeness (QED) is 0.316. The smallest absolute Gasteiger partial charge is 0.226 e. The number of aromatic nitrogens is 4. The third-order valence-electron chi connectivity index (χ3n) is 6.44. The highest BCUT2D eigenvalue weighted by Gasteiger charge is 2.26. The molecule has 184 valence electrons. The highest BCUT2D eigenvalue weighted by molar-refractivity contribution is 5.92. The summed E-state index contributed by atoms with van der Waals surface area (Å²) in [5, 5.41) is 9.16. The SMILES string of the molecule is C=C/C(CCNc1nc2c3c(nn(C)c3n1)CCN2Cc1ccc(OC)cc1)=C(/CC)C(=C)OC. The number of nitrogens with zero attached hydrogens (tertiary/aromatic N) is 5. The molecule has 3 heterocycles. The summed E-state index contributed by atoms with van der Waals surface area (Å²) < 4.78 is 12.5. The van der Waals surface area contributed by atoms with Gasteiger partial charge in [-0.1, -0.05) is 38.3 Å². The molecule has 1 aliphatic heterocycles. The van der Waals surface area contributed by atoms with Crippen LogP contribution in [0.25, 0.3) is 11.0 Å². The Morgan fingerprint density at radius 3 is 2.63 bits per heavy atom. The van der Waals surface area contributed by atoms with E-state index < -0.39 is 0 Å². The second-order valence-electron chi connectivity index (χ2n) is 8.52. The van der Waals surface area contributed by atoms with Crippen molar-refractivity contribution in [2.24, 2.45) is 7.05 Å². The van der Waals surface area contributed by atoms with Gasteiger partial charge in [-0.25, -0.2) is 4.68 Å². The third kappa shape index (κ3) is 5.01. The van der Waals surface area contributed by atoms with E-state index in [9.17, 15) is 0 Å². The van der Waals surface area contributed by atoms with Crippen molar-refractivity contribution in [2.75, 3.05) is 37.5 Å². The maximum atomic E-state index is 5.36. The molecule has 0 amide bonds. The average molecular weight is 475 g/mol. The summed E-state index contributed by atoms with van der Waals surface area (Å²) in [6.45, 7) is 12.4. The van der Waals surface area contributed by atoms with E-state index in [1.807, 2.05) is 29.9 Å². The van der Waals surface area contributed by atoms with Crippen molar-refractivity contribution in [3.63, 3.8) is 0 Å². The maximum absolute atomic E-state index is 5.36. The van der Waals surface area contributed by atoms with E-state index in [1.54, 1.807) is 14.2 Å². The van der Waals surface area contributed by atoms with Gasteiger partial charge in [-0.15, -0.1) is 0 Å². The lowest BCUT2D eigenvalue weighted by atomic mass is 10.0. The fraction of sp³-hybridized carbons (Fsp3) is 0.370. The summed E-state index contributed by atoms with van der Waals surface area (Å²) in [6.07, 6.45) is 4.34. The van der Waals surface area contributed by atoms with E-state index in [0.29, 0.717) is 18.3 Å². The van der Waals surface area contributed by atoms with E-state index in [2.05, 4.69) is 42.4 Å². The molecule has 0 aliphatic carbocycles. The number of allylic oxidation sites excluding steroid dienone is 2. The van der Waals surface area contributed by atoms with E-state index in [-0.39, 0.29) is 0 Å². The predicted molar refractivity (Wildman–Crippen MR) is 141 cm³/mol. The van der Waals surface area contributed by atoms with Crippen LogP contribution in [0.4, 0.5) is 11.8 Å². The van der Waals surface area contributed by atoms with Gasteiger partial charge in [0, 0.05) is 33.1 Å². The van der Waals surface area contributed by atoms with Gasteiger partial charge in [0.1, 0.15) is 17.3 Å². The minimum Gasteiger partial charge on any atom is -0.497 e. The molecule has 1 N–H and O–H groups in total. The molecule has 4 rings (SSSR count). The molecule has 8 heteroatoms. The molecule has 1 aliphatic rings. The number of rotatable bonds is 11. The van der Waals surface area contributed by atoms with Crippen molar-refractivity contribution >= 4 is 22.8 Å². The normalized spacial score (nSPS) is 13.4. The van der Waals surface area contributed by atoms with Crippen molar-refractivity contribution < 1.29 is 9.47 Å². The highest BCUT2D eigenvalue weighted by Crippen LogP contribution is 2.33. The fourth-order valence-electron chi connectivity index (χ4n) is 4.55. The van der Waals surface area contributed by atoms with Crippen LogP contribution in [0.5, 0.6) is 5.75 Å². The van der Waals surface area contributed by atoms with Gasteiger partial charge in [0.15, 0.2) is 5.65 Å². The molecule has 0 fully saturated rings. The fourth-order valence-corrected chi connectivity index (χ4v) is 4.55. The van der Waals surface area contributed by atoms with Gasteiger partial charge >= 0.3 is 0 Å². The highest BCUT2D eigenvalue weighted by atomic mass is 16.5. The first-order valence-electron chi connectivity index (χ1n) is 11.9. The number of hydrogen-bond donors (Lipinski definition) is 1. The van der Waals surface area contributed by atoms with Gasteiger partial charge in [0.2, 0.25) is 5.95 Å². The van der Waals surface area contributed by atoms with Crippen molar-refractivity contribution in [3.8, 4) is 5.75 Å². The molecule has 2 aromatic heterocycles. The standard InChI is InChI=1S/C27H34N6O2/c1-7-20(22(8-2)18(3)34-5)13-15-28-27-29-25-24-23(31-32(25)4)14-16-33(26(24)30-27)17-19-9-11-21(35-6)12-10-19/h7,9-12H,1,3,8,13-17H2,2,4-6H3,(H,28,29,30)/b22-20+. The molecule has 0 radical (unpaired) electrons. The second kappa shape index (κ2) is 10.6. The van der Waals surface area contributed by atoms with E-state index in [1.165, 1.54) is 5.56 Å². The molecule has 0 saturated heterocycles. The number of aryl methyl sites for hydroxylation is 1. The van der Waals surface area contributed by atoms with Crippen LogP contribution in [0.15, 0.2) is 60.4 Å². The van der Waals surface area contributed by atoms with Gasteiger partial charge < -0.3 is 19.7 Å². The van der Waals surface area contributed by atoms with Crippen LogP contribution in [0.2, 0.25) is 0 Å². The molecule has 1 aromatic carbocycles. The summed E-state index contributed by atoms with van der Waals surface area (Å²) in [6, 6.07) is 8.17. The van der Waals surface area contributed by atoms with Crippen LogP contribution in [0, 0.1) is 0 Å². The number of methoxy groups -OCH3 is 2. The molecule has 35 heavy (non-hydrogen) atoms. The Balaban J connectivity index is 1.59. The zero-order valence-electron chi connectivity index (χ0n) is 21.1. The van der Waals surface area contributed by atoms with Crippen LogP contribution in [-0.4, -0.2) is 47.1 Å². The number of nitrogens with one attached hydrogen (secondary N) is 1. The first-order chi connectivity index (χ1) is 17.0. The zero-order chi connectivity index (χ0) is 24.9. The minimum atomic E-state index is 0.593. The van der Waals surface area contributed by atoms with Gasteiger partial charge in [-0.3, -0.25) is 0 Å². The molecule has 3 aromatic rings. The average Bonchev–Trinajstić information content (AvgIpc) is 3.21. The van der Waals surface area contributed by atoms with E-state index in [0.717, 1.165) is 71.8 Å². The largest absolute Gasteiger partial charge is 0.497 e. The Morgan fingerprint density at radius 1 is 1.20 bits per heavy atom. The predicted octanol–water partition coefficient (Wildman–Crippen LogP) is 4.79. The molecule has 0 unspecified atom stereocenters. The van der Waals surface area contributed by atoms with Crippen LogP contribution in [0.1, 0.15) is 31.0 Å². The first-order valence-corrected chi connectivity index (χ1v) is 11.9. The van der Waals surface area contributed by atoms with E-state index >= 15 is 0 Å². The molecular weight excluding hydrogens is 440 g/mol. The van der Waals surface area contributed by atoms with Gasteiger partial charge in [-0.05, 0) is 41.7 Å². The van der Waals surface area contributed by atoms with Crippen LogP contribution in [-0.2, 0) is 24.8 Å². The lowest BCUT2D eigenvalue weighted by Gasteiger charge is -2.28. The minimum absolute atomic E-state index is 0.593. The first kappa shape index (κ1) is 24.3. The summed E-state index contributed by atoms with van der Waals surface area (Å²) in [5.41, 5.74) is 5.28. The summed E-state index contributed by atoms with van der Waals surface area (Å²) in [5.74, 6) is 3.05. The number of anilines is 2. The monoisotopic (exact) mass is 474 g/mol. The van der Waals surface area contributed by atoms with Crippen LogP contribution >= 0.6 is 0 Å². The van der Waals surface area contributed by atoms with Gasteiger partial charge in [0.25, 0.3) is 0 Å². The number of ether oxygens (including phenoxy) is 2. The van der Waals surface area contributed by atoms with Crippen molar-refractivity contribution in [1.82, 2.24) is 19.7 Å². The maximum Gasteiger partial charge on any atom is 0.226 e. The lowest BCUT2D eigenvalue weighted by Crippen LogP contribution is -2.29. The number of benzene rings is 1. The Kier molecular flexibility index (Phi) is 7.39. The molecule has 0 spiro atoms. The molecule has 0 saturated carbocycles. The zero-order valence-corrected chi connectivity index (χ0v) is 21.1. The van der Waals surface area contributed by atoms with Crippen LogP contribution in [0.3, 0.4) is 0 Å². The Hall–Kier alpha value is -3.81. The van der Waals surface area contributed by atoms with Gasteiger partial charge in [-0.2, -0.15) is 15.1 Å². The lowest BCUT2D eigenvalue weighted by molar-refractivity contribution is 0.300. The summed E-state index contributed by atoms with van der Waals surface area (Å²) in [7, 11) is 5.26. The Labute approximate surface area is 207 Å².